The summed E-state index contributed by atoms with van der Waals surface area (Å²) in [5, 5.41) is 3.00. The van der Waals surface area contributed by atoms with E-state index in [9.17, 15) is 9.59 Å². The lowest BCUT2D eigenvalue weighted by molar-refractivity contribution is -0.119. The second-order valence-electron chi connectivity index (χ2n) is 6.10. The molecule has 3 N–H and O–H groups in total. The normalized spacial score (nSPS) is 16.0. The molecule has 1 aliphatic rings. The van der Waals surface area contributed by atoms with Gasteiger partial charge in [0.05, 0.1) is 6.61 Å². The fourth-order valence-electron chi connectivity index (χ4n) is 3.03. The highest BCUT2D eigenvalue weighted by atomic mass is 16.5. The van der Waals surface area contributed by atoms with Gasteiger partial charge in [-0.15, -0.1) is 0 Å². The number of carbonyl (C=O) groups excluding carboxylic acids is 2. The molecule has 0 heterocycles. The minimum atomic E-state index is -0.535. The number of hydrogen-bond donors (Lipinski definition) is 2. The first kappa shape index (κ1) is 17.3. The van der Waals surface area contributed by atoms with Crippen LogP contribution in [0.3, 0.4) is 0 Å². The van der Waals surface area contributed by atoms with Crippen LogP contribution in [0.15, 0.2) is 24.3 Å². The third-order valence-electron chi connectivity index (χ3n) is 4.24. The minimum Gasteiger partial charge on any atom is -0.484 e. The standard InChI is InChI=1S/C17H24N2O4/c1-22-12-17(8-2-3-9-17)11-19-16(21)13-4-6-14(7-5-13)23-10-15(18)20/h4-7H,2-3,8-12H2,1H3,(H2,18,20)(H,19,21). The molecule has 0 atom stereocenters. The number of benzene rings is 1. The van der Waals surface area contributed by atoms with Crippen molar-refractivity contribution in [2.24, 2.45) is 11.1 Å². The Hall–Kier alpha value is -2.08. The second kappa shape index (κ2) is 7.97. The quantitative estimate of drug-likeness (QED) is 0.759. The maximum Gasteiger partial charge on any atom is 0.255 e. The maximum atomic E-state index is 12.3. The number of nitrogens with one attached hydrogen (secondary N) is 1. The van der Waals surface area contributed by atoms with Crippen LogP contribution in [0, 0.1) is 5.41 Å². The maximum absolute atomic E-state index is 12.3. The molecule has 2 rings (SSSR count). The van der Waals surface area contributed by atoms with Gasteiger partial charge in [0, 0.05) is 24.6 Å². The molecule has 0 radical (unpaired) electrons. The number of rotatable bonds is 8. The topological polar surface area (TPSA) is 90.7 Å². The van der Waals surface area contributed by atoms with Crippen molar-refractivity contribution >= 4 is 11.8 Å². The van der Waals surface area contributed by atoms with Crippen LogP contribution >= 0.6 is 0 Å². The number of carbonyl (C=O) groups is 2. The molecule has 6 heteroatoms. The van der Waals surface area contributed by atoms with E-state index in [1.54, 1.807) is 31.4 Å². The fraction of sp³-hybridized carbons (Fsp3) is 0.529. The number of nitrogens with two attached hydrogens (primary N) is 1. The van der Waals surface area contributed by atoms with E-state index in [2.05, 4.69) is 5.32 Å². The summed E-state index contributed by atoms with van der Waals surface area (Å²) in [5.74, 6) is -0.146. The molecule has 1 fully saturated rings. The number of amides is 2. The zero-order valence-electron chi connectivity index (χ0n) is 13.5. The van der Waals surface area contributed by atoms with Gasteiger partial charge >= 0.3 is 0 Å². The molecule has 1 saturated carbocycles. The summed E-state index contributed by atoms with van der Waals surface area (Å²) in [6.45, 7) is 1.12. The molecule has 0 spiro atoms. The van der Waals surface area contributed by atoms with Crippen molar-refractivity contribution in [3.05, 3.63) is 29.8 Å². The highest BCUT2D eigenvalue weighted by Crippen LogP contribution is 2.37. The van der Waals surface area contributed by atoms with Gasteiger partial charge < -0.3 is 20.5 Å². The van der Waals surface area contributed by atoms with Crippen molar-refractivity contribution in [2.45, 2.75) is 25.7 Å². The average molecular weight is 320 g/mol. The van der Waals surface area contributed by atoms with E-state index in [0.717, 1.165) is 12.8 Å². The van der Waals surface area contributed by atoms with Crippen molar-refractivity contribution in [3.8, 4) is 5.75 Å². The van der Waals surface area contributed by atoms with Crippen LogP contribution in [-0.2, 0) is 9.53 Å². The Morgan fingerprint density at radius 3 is 2.43 bits per heavy atom. The Labute approximate surface area is 136 Å². The summed E-state index contributed by atoms with van der Waals surface area (Å²) in [4.78, 5) is 22.9. The molecule has 1 aromatic carbocycles. The van der Waals surface area contributed by atoms with Crippen molar-refractivity contribution in [1.82, 2.24) is 5.32 Å². The largest absolute Gasteiger partial charge is 0.484 e. The zero-order valence-corrected chi connectivity index (χ0v) is 13.5. The van der Waals surface area contributed by atoms with Gasteiger partial charge in [-0.05, 0) is 37.1 Å². The predicted molar refractivity (Wildman–Crippen MR) is 86.2 cm³/mol. The molecule has 126 valence electrons. The summed E-state index contributed by atoms with van der Waals surface area (Å²) >= 11 is 0. The summed E-state index contributed by atoms with van der Waals surface area (Å²) in [7, 11) is 1.70. The monoisotopic (exact) mass is 320 g/mol. The van der Waals surface area contributed by atoms with Crippen LogP contribution in [0.5, 0.6) is 5.75 Å². The molecule has 2 amide bonds. The van der Waals surface area contributed by atoms with Crippen molar-refractivity contribution < 1.29 is 19.1 Å². The van der Waals surface area contributed by atoms with Gasteiger partial charge in [0.1, 0.15) is 5.75 Å². The first-order valence-electron chi connectivity index (χ1n) is 7.83. The minimum absolute atomic E-state index is 0.0644. The van der Waals surface area contributed by atoms with Gasteiger partial charge in [0.15, 0.2) is 6.61 Å². The predicted octanol–water partition coefficient (Wildman–Crippen LogP) is 1.49. The van der Waals surface area contributed by atoms with Gasteiger partial charge in [-0.25, -0.2) is 0 Å². The summed E-state index contributed by atoms with van der Waals surface area (Å²) in [6.07, 6.45) is 4.54. The van der Waals surface area contributed by atoms with E-state index in [4.69, 9.17) is 15.2 Å². The van der Waals surface area contributed by atoms with Crippen LogP contribution in [0.2, 0.25) is 0 Å². The highest BCUT2D eigenvalue weighted by Gasteiger charge is 2.34. The van der Waals surface area contributed by atoms with Crippen molar-refractivity contribution in [3.63, 3.8) is 0 Å². The van der Waals surface area contributed by atoms with E-state index in [1.807, 2.05) is 0 Å². The molecule has 1 aliphatic carbocycles. The van der Waals surface area contributed by atoms with Crippen LogP contribution in [-0.4, -0.2) is 38.7 Å². The van der Waals surface area contributed by atoms with Crippen molar-refractivity contribution in [2.75, 3.05) is 26.9 Å². The molecule has 0 saturated heterocycles. The van der Waals surface area contributed by atoms with E-state index in [0.29, 0.717) is 24.5 Å². The molecule has 0 unspecified atom stereocenters. The van der Waals surface area contributed by atoms with Crippen LogP contribution < -0.4 is 15.8 Å². The molecule has 1 aromatic rings. The lowest BCUT2D eigenvalue weighted by atomic mass is 9.87. The molecule has 6 nitrogen and oxygen atoms in total. The van der Waals surface area contributed by atoms with Crippen LogP contribution in [0.25, 0.3) is 0 Å². The van der Waals surface area contributed by atoms with E-state index < -0.39 is 5.91 Å². The number of hydrogen-bond acceptors (Lipinski definition) is 4. The average Bonchev–Trinajstić information content (AvgIpc) is 3.00. The third kappa shape index (κ3) is 4.96. The summed E-state index contributed by atoms with van der Waals surface area (Å²) in [5.41, 5.74) is 5.64. The number of ether oxygens (including phenoxy) is 2. The molecular weight excluding hydrogens is 296 g/mol. The second-order valence-corrected chi connectivity index (χ2v) is 6.10. The number of methoxy groups -OCH3 is 1. The van der Waals surface area contributed by atoms with Gasteiger partial charge in [-0.1, -0.05) is 12.8 Å². The fourth-order valence-corrected chi connectivity index (χ4v) is 3.03. The molecular formula is C17H24N2O4. The Kier molecular flexibility index (Phi) is 5.98. The molecule has 0 bridgehead atoms. The van der Waals surface area contributed by atoms with E-state index in [-0.39, 0.29) is 17.9 Å². The molecule has 0 aliphatic heterocycles. The Balaban J connectivity index is 1.88. The Morgan fingerprint density at radius 1 is 1.22 bits per heavy atom. The Morgan fingerprint density at radius 2 is 1.87 bits per heavy atom. The first-order valence-corrected chi connectivity index (χ1v) is 7.83. The van der Waals surface area contributed by atoms with E-state index in [1.165, 1.54) is 12.8 Å². The lowest BCUT2D eigenvalue weighted by Gasteiger charge is -2.28. The summed E-state index contributed by atoms with van der Waals surface area (Å²) < 4.78 is 10.5. The van der Waals surface area contributed by atoms with Crippen LogP contribution in [0.4, 0.5) is 0 Å². The smallest absolute Gasteiger partial charge is 0.255 e. The van der Waals surface area contributed by atoms with Crippen LogP contribution in [0.1, 0.15) is 36.0 Å². The third-order valence-corrected chi connectivity index (χ3v) is 4.24. The van der Waals surface area contributed by atoms with Gasteiger partial charge in [0.25, 0.3) is 11.8 Å². The first-order chi connectivity index (χ1) is 11.0. The molecule has 23 heavy (non-hydrogen) atoms. The van der Waals surface area contributed by atoms with Gasteiger partial charge in [-0.2, -0.15) is 0 Å². The lowest BCUT2D eigenvalue weighted by Crippen LogP contribution is -2.38. The number of primary amides is 1. The van der Waals surface area contributed by atoms with Crippen molar-refractivity contribution in [1.29, 1.82) is 0 Å². The summed E-state index contributed by atoms with van der Waals surface area (Å²) in [6, 6.07) is 6.64. The van der Waals surface area contributed by atoms with Gasteiger partial charge in [0.2, 0.25) is 0 Å². The van der Waals surface area contributed by atoms with Gasteiger partial charge in [-0.3, -0.25) is 9.59 Å². The SMILES string of the molecule is COCC1(CNC(=O)c2ccc(OCC(N)=O)cc2)CCCC1. The highest BCUT2D eigenvalue weighted by molar-refractivity contribution is 5.94. The zero-order chi connectivity index (χ0) is 16.7. The Bertz CT molecular complexity index is 536. The molecule has 0 aromatic heterocycles. The van der Waals surface area contributed by atoms with E-state index >= 15 is 0 Å².